The van der Waals surface area contributed by atoms with E-state index < -0.39 is 9.84 Å². The van der Waals surface area contributed by atoms with E-state index in [4.69, 9.17) is 0 Å². The van der Waals surface area contributed by atoms with Crippen LogP contribution in [0, 0.1) is 17.8 Å². The number of fused-ring (bicyclic) bond motifs is 1. The molecule has 1 aliphatic rings. The molecule has 0 unspecified atom stereocenters. The largest absolute Gasteiger partial charge is 0.393 e. The van der Waals surface area contributed by atoms with Crippen LogP contribution in [0.2, 0.25) is 0 Å². The molecule has 1 saturated carbocycles. The fourth-order valence-corrected chi connectivity index (χ4v) is 4.19. The molecule has 1 aromatic carbocycles. The number of nitrogens with one attached hydrogen (secondary N) is 1. The van der Waals surface area contributed by atoms with Crippen molar-refractivity contribution >= 4 is 32.1 Å². The molecule has 2 aromatic heterocycles. The van der Waals surface area contributed by atoms with Gasteiger partial charge >= 0.3 is 0 Å². The molecular weight excluding hydrogens is 398 g/mol. The Hall–Kier alpha value is -2.95. The number of benzene rings is 1. The van der Waals surface area contributed by atoms with Gasteiger partial charge in [0.05, 0.1) is 11.0 Å². The molecule has 0 saturated heterocycles. The fraction of sp³-hybridized carbons (Fsp3) is 0.304. The molecule has 0 aliphatic heterocycles. The van der Waals surface area contributed by atoms with Crippen LogP contribution in [0.3, 0.4) is 0 Å². The molecule has 2 N–H and O–H groups in total. The van der Waals surface area contributed by atoms with Crippen LogP contribution in [0.15, 0.2) is 53.7 Å². The van der Waals surface area contributed by atoms with Gasteiger partial charge in [-0.2, -0.15) is 0 Å². The molecule has 6 nitrogen and oxygen atoms in total. The number of aliphatic hydroxyl groups is 1. The third-order valence-electron chi connectivity index (χ3n) is 5.29. The van der Waals surface area contributed by atoms with Crippen LogP contribution in [0.25, 0.3) is 10.8 Å². The van der Waals surface area contributed by atoms with Crippen LogP contribution in [-0.2, 0) is 9.84 Å². The van der Waals surface area contributed by atoms with Gasteiger partial charge in [0.25, 0.3) is 0 Å². The third-order valence-corrected chi connectivity index (χ3v) is 6.42. The van der Waals surface area contributed by atoms with Gasteiger partial charge in [-0.3, -0.25) is 0 Å². The van der Waals surface area contributed by atoms with Gasteiger partial charge in [0.15, 0.2) is 9.84 Å². The molecular formula is C23H23N3O3S. The number of nitrogens with zero attached hydrogens (tertiary/aromatic N) is 2. The van der Waals surface area contributed by atoms with Crippen LogP contribution in [0.4, 0.5) is 11.5 Å². The van der Waals surface area contributed by atoms with Crippen molar-refractivity contribution < 1.29 is 13.5 Å². The Labute approximate surface area is 176 Å². The highest BCUT2D eigenvalue weighted by atomic mass is 32.2. The summed E-state index contributed by atoms with van der Waals surface area (Å²) in [5, 5.41) is 14.7. The molecule has 1 fully saturated rings. The lowest BCUT2D eigenvalue weighted by molar-refractivity contribution is 0.119. The summed E-state index contributed by atoms with van der Waals surface area (Å²) in [5.41, 5.74) is 1.45. The average molecular weight is 422 g/mol. The Bertz CT molecular complexity index is 1220. The number of hydrogen-bond acceptors (Lipinski definition) is 6. The molecule has 4 rings (SSSR count). The monoisotopic (exact) mass is 421 g/mol. The smallest absolute Gasteiger partial charge is 0.175 e. The number of sulfone groups is 1. The lowest BCUT2D eigenvalue weighted by atomic mass is 9.88. The summed E-state index contributed by atoms with van der Waals surface area (Å²) in [7, 11) is -3.23. The number of anilines is 2. The zero-order valence-corrected chi connectivity index (χ0v) is 17.5. The van der Waals surface area contributed by atoms with Crippen molar-refractivity contribution in [2.45, 2.75) is 36.7 Å². The van der Waals surface area contributed by atoms with Crippen LogP contribution < -0.4 is 5.32 Å². The Kier molecular flexibility index (Phi) is 5.71. The molecule has 0 bridgehead atoms. The SMILES string of the molecule is CS(=O)(=O)c1ccc(Nc2cc3c(C#CC4CCC(O)CC4)nccc3cn2)cc1. The first-order valence-electron chi connectivity index (χ1n) is 9.90. The minimum absolute atomic E-state index is 0.190. The normalized spacial score (nSPS) is 19.1. The van der Waals surface area contributed by atoms with E-state index in [1.54, 1.807) is 36.7 Å². The summed E-state index contributed by atoms with van der Waals surface area (Å²) in [5.74, 6) is 7.46. The van der Waals surface area contributed by atoms with Crippen molar-refractivity contribution in [2.75, 3.05) is 11.6 Å². The molecule has 0 spiro atoms. The van der Waals surface area contributed by atoms with Gasteiger partial charge in [-0.15, -0.1) is 0 Å². The van der Waals surface area contributed by atoms with E-state index in [0.717, 1.165) is 42.1 Å². The van der Waals surface area contributed by atoms with Crippen molar-refractivity contribution in [3.63, 3.8) is 0 Å². The van der Waals surface area contributed by atoms with E-state index in [1.165, 1.54) is 6.26 Å². The number of pyridine rings is 2. The topological polar surface area (TPSA) is 92.2 Å². The van der Waals surface area contributed by atoms with Crippen LogP contribution >= 0.6 is 0 Å². The Morgan fingerprint density at radius 2 is 1.80 bits per heavy atom. The van der Waals surface area contributed by atoms with Gasteiger partial charge in [-0.05, 0) is 68.0 Å². The molecule has 7 heteroatoms. The summed E-state index contributed by atoms with van der Waals surface area (Å²) < 4.78 is 23.2. The molecule has 154 valence electrons. The lowest BCUT2D eigenvalue weighted by Gasteiger charge is -2.21. The van der Waals surface area contributed by atoms with Crippen molar-refractivity contribution in [3.8, 4) is 11.8 Å². The van der Waals surface area contributed by atoms with Crippen molar-refractivity contribution in [1.29, 1.82) is 0 Å². The first-order chi connectivity index (χ1) is 14.4. The van der Waals surface area contributed by atoms with E-state index in [9.17, 15) is 13.5 Å². The van der Waals surface area contributed by atoms with Crippen molar-refractivity contribution in [2.24, 2.45) is 5.92 Å². The van der Waals surface area contributed by atoms with Crippen LogP contribution in [0.5, 0.6) is 0 Å². The zero-order valence-electron chi connectivity index (χ0n) is 16.7. The Balaban J connectivity index is 1.58. The van der Waals surface area contributed by atoms with Gasteiger partial charge in [-0.1, -0.05) is 5.92 Å². The Morgan fingerprint density at radius 1 is 1.07 bits per heavy atom. The molecule has 0 radical (unpaired) electrons. The minimum Gasteiger partial charge on any atom is -0.393 e. The molecule has 30 heavy (non-hydrogen) atoms. The third kappa shape index (κ3) is 4.78. The summed E-state index contributed by atoms with van der Waals surface area (Å²) in [6.07, 6.45) is 7.93. The van der Waals surface area contributed by atoms with E-state index in [2.05, 4.69) is 27.1 Å². The summed E-state index contributed by atoms with van der Waals surface area (Å²) in [4.78, 5) is 9.16. The van der Waals surface area contributed by atoms with E-state index in [-0.39, 0.29) is 11.0 Å². The van der Waals surface area contributed by atoms with Gasteiger partial charge < -0.3 is 10.4 Å². The van der Waals surface area contributed by atoms with Crippen molar-refractivity contribution in [3.05, 3.63) is 54.5 Å². The standard InChI is InChI=1S/C23H23N3O3S/c1-30(28,29)20-9-5-18(6-10-20)26-23-14-21-17(15-25-23)12-13-24-22(21)11-4-16-2-7-19(27)8-3-16/h5-6,9-10,12-16,19,27H,2-3,7-8H2,1H3,(H,25,26). The molecule has 0 amide bonds. The predicted molar refractivity (Wildman–Crippen MR) is 117 cm³/mol. The highest BCUT2D eigenvalue weighted by Crippen LogP contribution is 2.25. The quantitative estimate of drug-likeness (QED) is 0.627. The first-order valence-corrected chi connectivity index (χ1v) is 11.8. The number of aliphatic hydroxyl groups excluding tert-OH is 1. The lowest BCUT2D eigenvalue weighted by Crippen LogP contribution is -2.16. The van der Waals surface area contributed by atoms with Gasteiger partial charge in [-0.25, -0.2) is 18.4 Å². The fourth-order valence-electron chi connectivity index (χ4n) is 3.56. The molecule has 0 atom stereocenters. The van der Waals surface area contributed by atoms with Crippen molar-refractivity contribution in [1.82, 2.24) is 9.97 Å². The second-order valence-electron chi connectivity index (χ2n) is 7.65. The number of rotatable bonds is 3. The molecule has 3 aromatic rings. The highest BCUT2D eigenvalue weighted by Gasteiger charge is 2.17. The van der Waals surface area contributed by atoms with Crippen LogP contribution in [0.1, 0.15) is 31.4 Å². The summed E-state index contributed by atoms with van der Waals surface area (Å²) >= 11 is 0. The van der Waals surface area contributed by atoms with Gasteiger partial charge in [0.2, 0.25) is 0 Å². The van der Waals surface area contributed by atoms with E-state index >= 15 is 0 Å². The first kappa shape index (κ1) is 20.3. The number of aromatic nitrogens is 2. The molecule has 1 aliphatic carbocycles. The predicted octanol–water partition coefficient (Wildman–Crippen LogP) is 3.68. The minimum atomic E-state index is -3.23. The zero-order chi connectivity index (χ0) is 21.1. The second-order valence-corrected chi connectivity index (χ2v) is 9.66. The second kappa shape index (κ2) is 8.42. The van der Waals surface area contributed by atoms with Gasteiger partial charge in [0.1, 0.15) is 11.5 Å². The maximum atomic E-state index is 11.6. The maximum absolute atomic E-state index is 11.6. The maximum Gasteiger partial charge on any atom is 0.175 e. The molecule has 2 heterocycles. The Morgan fingerprint density at radius 3 is 2.50 bits per heavy atom. The van der Waals surface area contributed by atoms with Crippen LogP contribution in [-0.4, -0.2) is 35.9 Å². The highest BCUT2D eigenvalue weighted by molar-refractivity contribution is 7.90. The summed E-state index contributed by atoms with van der Waals surface area (Å²) in [6.45, 7) is 0. The van der Waals surface area contributed by atoms with E-state index in [0.29, 0.717) is 17.4 Å². The number of hydrogen-bond donors (Lipinski definition) is 2. The summed E-state index contributed by atoms with van der Waals surface area (Å²) in [6, 6.07) is 10.4. The van der Waals surface area contributed by atoms with Gasteiger partial charge in [0, 0.05) is 41.0 Å². The average Bonchev–Trinajstić information content (AvgIpc) is 2.73. The van der Waals surface area contributed by atoms with E-state index in [1.807, 2.05) is 12.1 Å².